The number of aromatic nitrogens is 2. The SMILES string of the molecule is Fc1ccc(-c2ccc(N3CCNCC3)nn2)cc1. The molecule has 1 saturated heterocycles. The highest BCUT2D eigenvalue weighted by molar-refractivity contribution is 5.59. The zero-order valence-corrected chi connectivity index (χ0v) is 10.5. The quantitative estimate of drug-likeness (QED) is 0.890. The number of piperazine rings is 1. The highest BCUT2D eigenvalue weighted by atomic mass is 19.1. The average Bonchev–Trinajstić information content (AvgIpc) is 2.49. The third kappa shape index (κ3) is 2.71. The number of hydrogen-bond acceptors (Lipinski definition) is 4. The van der Waals surface area contributed by atoms with Crippen molar-refractivity contribution in [3.8, 4) is 11.3 Å². The molecule has 0 saturated carbocycles. The molecule has 19 heavy (non-hydrogen) atoms. The summed E-state index contributed by atoms with van der Waals surface area (Å²) in [4.78, 5) is 2.21. The second-order valence-corrected chi connectivity index (χ2v) is 4.52. The third-order valence-corrected chi connectivity index (χ3v) is 3.23. The van der Waals surface area contributed by atoms with E-state index in [0.29, 0.717) is 0 Å². The Morgan fingerprint density at radius 2 is 1.68 bits per heavy atom. The minimum Gasteiger partial charge on any atom is -0.353 e. The summed E-state index contributed by atoms with van der Waals surface area (Å²) in [6, 6.07) is 10.2. The first-order chi connectivity index (χ1) is 9.33. The summed E-state index contributed by atoms with van der Waals surface area (Å²) in [6.07, 6.45) is 0. The van der Waals surface area contributed by atoms with Crippen LogP contribution >= 0.6 is 0 Å². The molecule has 0 atom stereocenters. The van der Waals surface area contributed by atoms with Crippen LogP contribution in [0.5, 0.6) is 0 Å². The molecule has 0 aliphatic carbocycles. The number of hydrogen-bond donors (Lipinski definition) is 1. The highest BCUT2D eigenvalue weighted by Crippen LogP contribution is 2.18. The van der Waals surface area contributed by atoms with Crippen LogP contribution in [0, 0.1) is 5.82 Å². The molecular weight excluding hydrogens is 243 g/mol. The Bertz CT molecular complexity index is 532. The topological polar surface area (TPSA) is 41.0 Å². The van der Waals surface area contributed by atoms with Gasteiger partial charge >= 0.3 is 0 Å². The molecule has 1 aliphatic rings. The van der Waals surface area contributed by atoms with Crippen LogP contribution in [-0.2, 0) is 0 Å². The molecule has 1 aliphatic heterocycles. The van der Waals surface area contributed by atoms with E-state index in [1.807, 2.05) is 12.1 Å². The number of benzene rings is 1. The van der Waals surface area contributed by atoms with Crippen LogP contribution < -0.4 is 10.2 Å². The van der Waals surface area contributed by atoms with Crippen LogP contribution in [0.3, 0.4) is 0 Å². The predicted octanol–water partition coefficient (Wildman–Crippen LogP) is 1.69. The Morgan fingerprint density at radius 3 is 2.32 bits per heavy atom. The Kier molecular flexibility index (Phi) is 3.37. The molecule has 5 heteroatoms. The molecule has 0 spiro atoms. The van der Waals surface area contributed by atoms with Crippen molar-refractivity contribution in [2.75, 3.05) is 31.1 Å². The molecule has 1 N–H and O–H groups in total. The van der Waals surface area contributed by atoms with Gasteiger partial charge in [-0.1, -0.05) is 0 Å². The first-order valence-electron chi connectivity index (χ1n) is 6.38. The summed E-state index contributed by atoms with van der Waals surface area (Å²) in [5.74, 6) is 0.654. The van der Waals surface area contributed by atoms with Crippen molar-refractivity contribution in [2.24, 2.45) is 0 Å². The number of halogens is 1. The van der Waals surface area contributed by atoms with Crippen LogP contribution in [0.15, 0.2) is 36.4 Å². The molecule has 1 aromatic heterocycles. The van der Waals surface area contributed by atoms with Gasteiger partial charge in [-0.15, -0.1) is 10.2 Å². The van der Waals surface area contributed by atoms with Gasteiger partial charge in [-0.05, 0) is 36.4 Å². The number of nitrogens with one attached hydrogen (secondary N) is 1. The lowest BCUT2D eigenvalue weighted by molar-refractivity contribution is 0.583. The van der Waals surface area contributed by atoms with Crippen molar-refractivity contribution in [1.82, 2.24) is 15.5 Å². The summed E-state index contributed by atoms with van der Waals surface area (Å²) < 4.78 is 12.9. The lowest BCUT2D eigenvalue weighted by Crippen LogP contribution is -2.43. The van der Waals surface area contributed by atoms with Gasteiger partial charge in [-0.25, -0.2) is 4.39 Å². The Balaban J connectivity index is 1.80. The molecule has 2 aromatic rings. The fraction of sp³-hybridized carbons (Fsp3) is 0.286. The van der Waals surface area contributed by atoms with Gasteiger partial charge in [0.05, 0.1) is 5.69 Å². The van der Waals surface area contributed by atoms with E-state index in [9.17, 15) is 4.39 Å². The van der Waals surface area contributed by atoms with Gasteiger partial charge in [0.2, 0.25) is 0 Å². The molecule has 0 bridgehead atoms. The normalized spacial score (nSPS) is 15.5. The molecule has 0 radical (unpaired) electrons. The van der Waals surface area contributed by atoms with Gasteiger partial charge in [0.1, 0.15) is 5.82 Å². The van der Waals surface area contributed by atoms with Crippen molar-refractivity contribution >= 4 is 5.82 Å². The van der Waals surface area contributed by atoms with Crippen molar-refractivity contribution in [3.05, 3.63) is 42.2 Å². The molecule has 98 valence electrons. The van der Waals surface area contributed by atoms with Gasteiger partial charge in [-0.2, -0.15) is 0 Å². The average molecular weight is 258 g/mol. The van der Waals surface area contributed by atoms with Crippen LogP contribution in [0.25, 0.3) is 11.3 Å². The molecule has 0 amide bonds. The van der Waals surface area contributed by atoms with Crippen molar-refractivity contribution < 1.29 is 4.39 Å². The highest BCUT2D eigenvalue weighted by Gasteiger charge is 2.12. The fourth-order valence-electron chi connectivity index (χ4n) is 2.16. The van der Waals surface area contributed by atoms with Crippen molar-refractivity contribution in [1.29, 1.82) is 0 Å². The lowest BCUT2D eigenvalue weighted by atomic mass is 10.1. The first-order valence-corrected chi connectivity index (χ1v) is 6.38. The van der Waals surface area contributed by atoms with Gasteiger partial charge in [0.25, 0.3) is 0 Å². The maximum absolute atomic E-state index is 12.9. The van der Waals surface area contributed by atoms with Gasteiger partial charge in [0.15, 0.2) is 5.82 Å². The Morgan fingerprint density at radius 1 is 0.947 bits per heavy atom. The summed E-state index contributed by atoms with van der Waals surface area (Å²) in [5, 5.41) is 11.8. The zero-order chi connectivity index (χ0) is 13.1. The molecule has 3 rings (SSSR count). The van der Waals surface area contributed by atoms with E-state index in [0.717, 1.165) is 43.3 Å². The second-order valence-electron chi connectivity index (χ2n) is 4.52. The van der Waals surface area contributed by atoms with E-state index in [-0.39, 0.29) is 5.82 Å². The molecule has 1 fully saturated rings. The summed E-state index contributed by atoms with van der Waals surface area (Å²) in [7, 11) is 0. The van der Waals surface area contributed by atoms with E-state index in [1.165, 1.54) is 12.1 Å². The minimum absolute atomic E-state index is 0.242. The van der Waals surface area contributed by atoms with Crippen LogP contribution in [0.2, 0.25) is 0 Å². The van der Waals surface area contributed by atoms with E-state index >= 15 is 0 Å². The summed E-state index contributed by atoms with van der Waals surface area (Å²) in [5.41, 5.74) is 1.64. The molecule has 0 unspecified atom stereocenters. The van der Waals surface area contributed by atoms with Crippen LogP contribution in [0.1, 0.15) is 0 Å². The number of nitrogens with zero attached hydrogens (tertiary/aromatic N) is 3. The van der Waals surface area contributed by atoms with E-state index in [4.69, 9.17) is 0 Å². The maximum atomic E-state index is 12.9. The maximum Gasteiger partial charge on any atom is 0.151 e. The second kappa shape index (κ2) is 5.32. The first kappa shape index (κ1) is 12.0. The lowest BCUT2D eigenvalue weighted by Gasteiger charge is -2.27. The van der Waals surface area contributed by atoms with Crippen molar-refractivity contribution in [2.45, 2.75) is 0 Å². The largest absolute Gasteiger partial charge is 0.353 e. The standard InChI is InChI=1S/C14H15FN4/c15-12-3-1-11(2-4-12)13-5-6-14(18-17-13)19-9-7-16-8-10-19/h1-6,16H,7-10H2. The van der Waals surface area contributed by atoms with Crippen LogP contribution in [0.4, 0.5) is 10.2 Å². The molecular formula is C14H15FN4. The monoisotopic (exact) mass is 258 g/mol. The van der Waals surface area contributed by atoms with Gasteiger partial charge in [-0.3, -0.25) is 0 Å². The fourth-order valence-corrected chi connectivity index (χ4v) is 2.16. The number of rotatable bonds is 2. The van der Waals surface area contributed by atoms with Gasteiger partial charge in [0, 0.05) is 31.7 Å². The van der Waals surface area contributed by atoms with Crippen LogP contribution in [-0.4, -0.2) is 36.4 Å². The smallest absolute Gasteiger partial charge is 0.151 e. The summed E-state index contributed by atoms with van der Waals surface area (Å²) in [6.45, 7) is 3.85. The molecule has 4 nitrogen and oxygen atoms in total. The minimum atomic E-state index is -0.242. The molecule has 2 heterocycles. The Hall–Kier alpha value is -2.01. The van der Waals surface area contributed by atoms with Crippen molar-refractivity contribution in [3.63, 3.8) is 0 Å². The predicted molar refractivity (Wildman–Crippen MR) is 72.5 cm³/mol. The summed E-state index contributed by atoms with van der Waals surface area (Å²) >= 11 is 0. The Labute approximate surface area is 111 Å². The zero-order valence-electron chi connectivity index (χ0n) is 10.5. The molecule has 1 aromatic carbocycles. The van der Waals surface area contributed by atoms with Gasteiger partial charge < -0.3 is 10.2 Å². The van der Waals surface area contributed by atoms with E-state index in [2.05, 4.69) is 20.4 Å². The number of anilines is 1. The van der Waals surface area contributed by atoms with E-state index in [1.54, 1.807) is 12.1 Å². The van der Waals surface area contributed by atoms with E-state index < -0.39 is 0 Å². The third-order valence-electron chi connectivity index (χ3n) is 3.23.